The van der Waals surface area contributed by atoms with Crippen LogP contribution in [0.3, 0.4) is 0 Å². The second-order valence-electron chi connectivity index (χ2n) is 2.99. The molecular weight excluding hydrogens is 140 g/mol. The summed E-state index contributed by atoms with van der Waals surface area (Å²) in [6.07, 6.45) is 2.71. The van der Waals surface area contributed by atoms with Crippen molar-refractivity contribution in [2.45, 2.75) is 38.8 Å². The van der Waals surface area contributed by atoms with Crippen LogP contribution in [0.15, 0.2) is 0 Å². The van der Waals surface area contributed by atoms with E-state index in [4.69, 9.17) is 5.73 Å². The minimum atomic E-state index is -0.0152. The molecule has 0 spiro atoms. The number of rotatable bonds is 6. The van der Waals surface area contributed by atoms with Crippen LogP contribution in [0.2, 0.25) is 0 Å². The van der Waals surface area contributed by atoms with Gasteiger partial charge in [0.1, 0.15) is 6.29 Å². The van der Waals surface area contributed by atoms with Crippen molar-refractivity contribution in [1.29, 1.82) is 0 Å². The molecule has 0 aromatic rings. The van der Waals surface area contributed by atoms with Crippen molar-refractivity contribution >= 4 is 6.29 Å². The third-order valence-electron chi connectivity index (χ3n) is 1.43. The van der Waals surface area contributed by atoms with Crippen molar-refractivity contribution in [2.24, 2.45) is 5.73 Å². The van der Waals surface area contributed by atoms with Crippen LogP contribution >= 0.6 is 0 Å². The first-order valence-electron chi connectivity index (χ1n) is 4.12. The SMILES string of the molecule is CC(C)N[C@@H](C=O)CCCN. The first-order valence-corrected chi connectivity index (χ1v) is 4.12. The lowest BCUT2D eigenvalue weighted by molar-refractivity contribution is -0.109. The van der Waals surface area contributed by atoms with Crippen molar-refractivity contribution in [2.75, 3.05) is 6.54 Å². The first-order chi connectivity index (χ1) is 5.20. The fraction of sp³-hybridized carbons (Fsp3) is 0.875. The highest BCUT2D eigenvalue weighted by atomic mass is 16.1. The summed E-state index contributed by atoms with van der Waals surface area (Å²) in [5, 5.41) is 3.14. The Kier molecular flexibility index (Phi) is 6.07. The summed E-state index contributed by atoms with van der Waals surface area (Å²) in [6, 6.07) is 0.349. The second-order valence-corrected chi connectivity index (χ2v) is 2.99. The van der Waals surface area contributed by atoms with Crippen LogP contribution in [0.4, 0.5) is 0 Å². The van der Waals surface area contributed by atoms with Crippen LogP contribution in [-0.4, -0.2) is 24.9 Å². The van der Waals surface area contributed by atoms with Crippen molar-refractivity contribution < 1.29 is 4.79 Å². The van der Waals surface area contributed by atoms with Gasteiger partial charge < -0.3 is 15.8 Å². The average Bonchev–Trinajstić information content (AvgIpc) is 1.97. The van der Waals surface area contributed by atoms with E-state index in [1.807, 2.05) is 13.8 Å². The summed E-state index contributed by atoms with van der Waals surface area (Å²) >= 11 is 0. The van der Waals surface area contributed by atoms with Gasteiger partial charge in [0, 0.05) is 6.04 Å². The van der Waals surface area contributed by atoms with Crippen LogP contribution in [0.25, 0.3) is 0 Å². The molecule has 0 aliphatic heterocycles. The third-order valence-corrected chi connectivity index (χ3v) is 1.43. The zero-order chi connectivity index (χ0) is 8.69. The molecule has 3 heteroatoms. The summed E-state index contributed by atoms with van der Waals surface area (Å²) < 4.78 is 0. The standard InChI is InChI=1S/C8H18N2O/c1-7(2)10-8(6-11)4-3-5-9/h6-8,10H,3-5,9H2,1-2H3/t8-/m1/s1. The number of aldehydes is 1. The maximum Gasteiger partial charge on any atom is 0.136 e. The number of nitrogens with two attached hydrogens (primary N) is 1. The van der Waals surface area contributed by atoms with Crippen LogP contribution in [0.5, 0.6) is 0 Å². The Balaban J connectivity index is 3.49. The molecule has 1 atom stereocenters. The van der Waals surface area contributed by atoms with Crippen LogP contribution in [0, 0.1) is 0 Å². The second kappa shape index (κ2) is 6.31. The van der Waals surface area contributed by atoms with Gasteiger partial charge in [-0.05, 0) is 19.4 Å². The van der Waals surface area contributed by atoms with Crippen molar-refractivity contribution in [1.82, 2.24) is 5.32 Å². The molecule has 0 radical (unpaired) electrons. The van der Waals surface area contributed by atoms with E-state index >= 15 is 0 Å². The number of hydrogen-bond donors (Lipinski definition) is 2. The van der Waals surface area contributed by atoms with Crippen molar-refractivity contribution in [3.8, 4) is 0 Å². The van der Waals surface area contributed by atoms with Gasteiger partial charge in [0.25, 0.3) is 0 Å². The summed E-state index contributed by atoms with van der Waals surface area (Å²) in [5.74, 6) is 0. The summed E-state index contributed by atoms with van der Waals surface area (Å²) in [5.41, 5.74) is 5.32. The van der Waals surface area contributed by atoms with Crippen LogP contribution in [0.1, 0.15) is 26.7 Å². The Hall–Kier alpha value is -0.410. The number of hydrogen-bond acceptors (Lipinski definition) is 3. The fourth-order valence-electron chi connectivity index (χ4n) is 0.957. The van der Waals surface area contributed by atoms with Crippen LogP contribution in [-0.2, 0) is 4.79 Å². The summed E-state index contributed by atoms with van der Waals surface area (Å²) in [7, 11) is 0. The van der Waals surface area contributed by atoms with E-state index in [2.05, 4.69) is 5.32 Å². The van der Waals surface area contributed by atoms with Gasteiger partial charge in [-0.2, -0.15) is 0 Å². The Morgan fingerprint density at radius 3 is 2.55 bits per heavy atom. The molecule has 0 saturated heterocycles. The number of carbonyl (C=O) groups is 1. The number of carbonyl (C=O) groups excluding carboxylic acids is 1. The summed E-state index contributed by atoms with van der Waals surface area (Å²) in [4.78, 5) is 10.4. The van der Waals surface area contributed by atoms with E-state index in [9.17, 15) is 4.79 Å². The van der Waals surface area contributed by atoms with Gasteiger partial charge in [-0.15, -0.1) is 0 Å². The molecule has 0 aromatic heterocycles. The highest BCUT2D eigenvalue weighted by Gasteiger charge is 2.06. The molecule has 0 rings (SSSR count). The van der Waals surface area contributed by atoms with Gasteiger partial charge in [-0.3, -0.25) is 0 Å². The van der Waals surface area contributed by atoms with Crippen LogP contribution < -0.4 is 11.1 Å². The predicted molar refractivity (Wildman–Crippen MR) is 46.4 cm³/mol. The molecule has 0 aliphatic carbocycles. The van der Waals surface area contributed by atoms with Crippen molar-refractivity contribution in [3.05, 3.63) is 0 Å². The summed E-state index contributed by atoms with van der Waals surface area (Å²) in [6.45, 7) is 4.71. The zero-order valence-electron chi connectivity index (χ0n) is 7.34. The van der Waals surface area contributed by atoms with Gasteiger partial charge >= 0.3 is 0 Å². The fourth-order valence-corrected chi connectivity index (χ4v) is 0.957. The Labute approximate surface area is 68.3 Å². The predicted octanol–water partition coefficient (Wildman–Crippen LogP) is 0.291. The molecule has 0 aliphatic rings. The maximum atomic E-state index is 10.4. The Bertz CT molecular complexity index is 104. The highest BCUT2D eigenvalue weighted by molar-refractivity contribution is 5.57. The highest BCUT2D eigenvalue weighted by Crippen LogP contribution is 1.94. The molecule has 0 aromatic carbocycles. The lowest BCUT2D eigenvalue weighted by Crippen LogP contribution is -2.36. The molecule has 0 bridgehead atoms. The normalized spacial score (nSPS) is 13.5. The molecule has 11 heavy (non-hydrogen) atoms. The van der Waals surface area contributed by atoms with Gasteiger partial charge in [0.2, 0.25) is 0 Å². The Morgan fingerprint density at radius 2 is 2.18 bits per heavy atom. The molecule has 0 fully saturated rings. The quantitative estimate of drug-likeness (QED) is 0.546. The molecule has 66 valence electrons. The third kappa shape index (κ3) is 6.01. The lowest BCUT2D eigenvalue weighted by atomic mass is 10.1. The minimum absolute atomic E-state index is 0.0152. The van der Waals surface area contributed by atoms with Gasteiger partial charge in [-0.25, -0.2) is 0 Å². The number of nitrogens with one attached hydrogen (secondary N) is 1. The zero-order valence-corrected chi connectivity index (χ0v) is 7.34. The monoisotopic (exact) mass is 158 g/mol. The molecule has 3 N–H and O–H groups in total. The lowest BCUT2D eigenvalue weighted by Gasteiger charge is -2.14. The molecule has 0 amide bonds. The van der Waals surface area contributed by atoms with Crippen molar-refractivity contribution in [3.63, 3.8) is 0 Å². The largest absolute Gasteiger partial charge is 0.330 e. The first kappa shape index (κ1) is 10.6. The van der Waals surface area contributed by atoms with E-state index in [1.54, 1.807) is 0 Å². The molecule has 0 heterocycles. The Morgan fingerprint density at radius 1 is 1.55 bits per heavy atom. The van der Waals surface area contributed by atoms with Gasteiger partial charge in [0.15, 0.2) is 0 Å². The van der Waals surface area contributed by atoms with Gasteiger partial charge in [0.05, 0.1) is 6.04 Å². The maximum absolute atomic E-state index is 10.4. The molecular formula is C8H18N2O. The topological polar surface area (TPSA) is 55.1 Å². The average molecular weight is 158 g/mol. The van der Waals surface area contributed by atoms with E-state index < -0.39 is 0 Å². The molecule has 3 nitrogen and oxygen atoms in total. The molecule has 0 unspecified atom stereocenters. The van der Waals surface area contributed by atoms with Gasteiger partial charge in [-0.1, -0.05) is 13.8 Å². The smallest absolute Gasteiger partial charge is 0.136 e. The molecule has 0 saturated carbocycles. The van der Waals surface area contributed by atoms with E-state index in [1.165, 1.54) is 0 Å². The van der Waals surface area contributed by atoms with E-state index in [0.717, 1.165) is 19.1 Å². The van der Waals surface area contributed by atoms with E-state index in [-0.39, 0.29) is 6.04 Å². The minimum Gasteiger partial charge on any atom is -0.330 e. The van der Waals surface area contributed by atoms with E-state index in [0.29, 0.717) is 12.6 Å².